The molecule has 6 aromatic rings. The number of pyridine rings is 1. The number of nitrogens with one attached hydrogen (secondary N) is 2. The molecule has 0 radical (unpaired) electrons. The van der Waals surface area contributed by atoms with Crippen molar-refractivity contribution in [2.45, 2.75) is 12.5 Å². The molecule has 4 N–H and O–H groups in total. The summed E-state index contributed by atoms with van der Waals surface area (Å²) >= 11 is 6.07. The van der Waals surface area contributed by atoms with Crippen LogP contribution in [0.4, 0.5) is 10.1 Å². The zero-order valence-corrected chi connectivity index (χ0v) is 25.6. The lowest BCUT2D eigenvalue weighted by atomic mass is 9.89. The summed E-state index contributed by atoms with van der Waals surface area (Å²) in [5.41, 5.74) is 9.89. The molecule has 3 aromatic heterocycles. The molecule has 1 unspecified atom stereocenters. The van der Waals surface area contributed by atoms with Gasteiger partial charge in [-0.1, -0.05) is 23.7 Å². The highest BCUT2D eigenvalue weighted by atomic mass is 35.5. The maximum absolute atomic E-state index is 15.3. The van der Waals surface area contributed by atoms with E-state index >= 15 is 4.39 Å². The molecule has 4 heterocycles. The van der Waals surface area contributed by atoms with Gasteiger partial charge in [0.1, 0.15) is 12.4 Å². The van der Waals surface area contributed by atoms with Crippen molar-refractivity contribution in [1.29, 1.82) is 0 Å². The smallest absolute Gasteiger partial charge is 0.251 e. The van der Waals surface area contributed by atoms with Crippen molar-refractivity contribution in [3.8, 4) is 16.9 Å². The third kappa shape index (κ3) is 5.64. The van der Waals surface area contributed by atoms with Gasteiger partial charge in [-0.05, 0) is 82.6 Å². The molecule has 0 aliphatic carbocycles. The molecule has 238 valence electrons. The lowest BCUT2D eigenvalue weighted by molar-refractivity contribution is -0.135. The second kappa shape index (κ2) is 12.5. The SMILES string of the molecule is NC(=O)c1ccc(-c2nccc3c2CCN(C(=O)/C=C/c2c(-n4cnnn4)ccc(Cl)c2F)C3C(=O)Nc2ccc3cn[nH]c3c2)cc1. The Kier molecular flexibility index (Phi) is 7.90. The largest absolute Gasteiger partial charge is 0.366 e. The van der Waals surface area contributed by atoms with E-state index in [9.17, 15) is 14.4 Å². The summed E-state index contributed by atoms with van der Waals surface area (Å²) in [6.07, 6.45) is 7.36. The normalized spacial score (nSPS) is 14.3. The Hall–Kier alpha value is -6.28. The fourth-order valence-electron chi connectivity index (χ4n) is 5.78. The Balaban J connectivity index is 1.27. The molecule has 3 amide bonds. The number of aromatic amines is 1. The molecule has 13 nitrogen and oxygen atoms in total. The number of nitrogens with two attached hydrogens (primary N) is 1. The van der Waals surface area contributed by atoms with Gasteiger partial charge in [-0.15, -0.1) is 5.10 Å². The number of aromatic nitrogens is 7. The number of anilines is 1. The standard InChI is InChI=1S/C33H24ClFN10O3/c34-25-8-9-27(45-17-39-42-43-45)24(29(25)35)7-10-28(46)44-14-12-22-23(11-13-37-30(22)18-1-3-19(4-2-18)32(36)47)31(44)33(48)40-21-6-5-20-16-38-41-26(20)15-21/h1-11,13,15-17,31H,12,14H2,(H2,36,47)(H,38,41)(H,40,48)/b10-7+. The van der Waals surface area contributed by atoms with Crippen LogP contribution in [0.5, 0.6) is 0 Å². The lowest BCUT2D eigenvalue weighted by Gasteiger charge is -2.36. The van der Waals surface area contributed by atoms with Gasteiger partial charge in [-0.2, -0.15) is 9.78 Å². The summed E-state index contributed by atoms with van der Waals surface area (Å²) in [5.74, 6) is -2.34. The number of hydrogen-bond donors (Lipinski definition) is 3. The van der Waals surface area contributed by atoms with Gasteiger partial charge in [0.2, 0.25) is 11.8 Å². The predicted molar refractivity (Wildman–Crippen MR) is 174 cm³/mol. The van der Waals surface area contributed by atoms with Gasteiger partial charge in [0.25, 0.3) is 5.91 Å². The number of rotatable bonds is 7. The topological polar surface area (TPSA) is 178 Å². The first-order valence-corrected chi connectivity index (χ1v) is 15.0. The predicted octanol–water partition coefficient (Wildman–Crippen LogP) is 4.27. The molecule has 48 heavy (non-hydrogen) atoms. The molecule has 1 aliphatic rings. The van der Waals surface area contributed by atoms with Crippen LogP contribution in [0, 0.1) is 5.82 Å². The van der Waals surface area contributed by atoms with E-state index < -0.39 is 29.6 Å². The van der Waals surface area contributed by atoms with Gasteiger partial charge in [0.15, 0.2) is 5.82 Å². The maximum atomic E-state index is 15.3. The fourth-order valence-corrected chi connectivity index (χ4v) is 5.94. The third-order valence-corrected chi connectivity index (χ3v) is 8.37. The number of benzene rings is 3. The minimum atomic E-state index is -1.08. The van der Waals surface area contributed by atoms with E-state index in [2.05, 4.69) is 36.0 Å². The van der Waals surface area contributed by atoms with Crippen molar-refractivity contribution in [2.75, 3.05) is 11.9 Å². The van der Waals surface area contributed by atoms with Gasteiger partial charge in [-0.3, -0.25) is 24.5 Å². The number of tetrazole rings is 1. The average Bonchev–Trinajstić information content (AvgIpc) is 3.81. The fraction of sp³-hybridized carbons (Fsp3) is 0.0909. The summed E-state index contributed by atoms with van der Waals surface area (Å²) < 4.78 is 16.5. The zero-order valence-electron chi connectivity index (χ0n) is 24.8. The minimum absolute atomic E-state index is 0.0136. The van der Waals surface area contributed by atoms with Crippen LogP contribution in [0.1, 0.15) is 33.1 Å². The second-order valence-corrected chi connectivity index (χ2v) is 11.3. The first-order chi connectivity index (χ1) is 23.3. The van der Waals surface area contributed by atoms with E-state index in [-0.39, 0.29) is 22.8 Å². The summed E-state index contributed by atoms with van der Waals surface area (Å²) in [4.78, 5) is 45.7. The van der Waals surface area contributed by atoms with Crippen LogP contribution < -0.4 is 11.1 Å². The molecule has 1 atom stereocenters. The van der Waals surface area contributed by atoms with E-state index in [1.165, 1.54) is 40.2 Å². The van der Waals surface area contributed by atoms with Crippen LogP contribution in [0.2, 0.25) is 5.02 Å². The number of nitrogens with zero attached hydrogens (tertiary/aromatic N) is 7. The number of hydrogen-bond acceptors (Lipinski definition) is 8. The Morgan fingerprint density at radius 3 is 2.69 bits per heavy atom. The first kappa shape index (κ1) is 30.4. The molecule has 15 heteroatoms. The monoisotopic (exact) mass is 662 g/mol. The average molecular weight is 663 g/mol. The Morgan fingerprint density at radius 2 is 1.92 bits per heavy atom. The van der Waals surface area contributed by atoms with E-state index in [1.807, 2.05) is 6.07 Å². The summed E-state index contributed by atoms with van der Waals surface area (Å²) in [6.45, 7) is 0.143. The quantitative estimate of drug-likeness (QED) is 0.212. The lowest BCUT2D eigenvalue weighted by Crippen LogP contribution is -2.45. The summed E-state index contributed by atoms with van der Waals surface area (Å²) in [7, 11) is 0. The van der Waals surface area contributed by atoms with E-state index in [4.69, 9.17) is 17.3 Å². The molecule has 7 rings (SSSR count). The van der Waals surface area contributed by atoms with Crippen LogP contribution in [0.15, 0.2) is 85.5 Å². The highest BCUT2D eigenvalue weighted by Crippen LogP contribution is 2.36. The molecule has 0 bridgehead atoms. The van der Waals surface area contributed by atoms with Gasteiger partial charge in [0, 0.05) is 46.6 Å². The van der Waals surface area contributed by atoms with Gasteiger partial charge in [0.05, 0.1) is 28.1 Å². The van der Waals surface area contributed by atoms with Gasteiger partial charge in [-0.25, -0.2) is 4.39 Å². The van der Waals surface area contributed by atoms with Crippen molar-refractivity contribution in [3.05, 3.63) is 119 Å². The van der Waals surface area contributed by atoms with Crippen LogP contribution in [0.3, 0.4) is 0 Å². The number of H-pyrrole nitrogens is 1. The molecule has 1 aliphatic heterocycles. The van der Waals surface area contributed by atoms with Crippen LogP contribution in [0.25, 0.3) is 33.9 Å². The van der Waals surface area contributed by atoms with Crippen molar-refractivity contribution in [2.24, 2.45) is 5.73 Å². The molecule has 0 saturated carbocycles. The highest BCUT2D eigenvalue weighted by Gasteiger charge is 2.37. The van der Waals surface area contributed by atoms with Gasteiger partial charge < -0.3 is 16.0 Å². The number of fused-ring (bicyclic) bond motifs is 2. The van der Waals surface area contributed by atoms with Crippen molar-refractivity contribution in [3.63, 3.8) is 0 Å². The van der Waals surface area contributed by atoms with E-state index in [0.29, 0.717) is 34.5 Å². The third-order valence-electron chi connectivity index (χ3n) is 8.08. The summed E-state index contributed by atoms with van der Waals surface area (Å²) in [6, 6.07) is 15.5. The Labute approximate surface area is 276 Å². The Morgan fingerprint density at radius 1 is 1.08 bits per heavy atom. The number of halogens is 2. The number of amides is 3. The minimum Gasteiger partial charge on any atom is -0.366 e. The number of carbonyl (C=O) groups is 3. The van der Waals surface area contributed by atoms with Crippen LogP contribution >= 0.6 is 11.6 Å². The molecular formula is C33H24ClFN10O3. The second-order valence-electron chi connectivity index (χ2n) is 10.9. The zero-order chi connectivity index (χ0) is 33.4. The first-order valence-electron chi connectivity index (χ1n) is 14.6. The van der Waals surface area contributed by atoms with E-state index in [0.717, 1.165) is 16.5 Å². The van der Waals surface area contributed by atoms with Gasteiger partial charge >= 0.3 is 0 Å². The molecule has 0 spiro atoms. The maximum Gasteiger partial charge on any atom is 0.251 e. The van der Waals surface area contributed by atoms with Crippen molar-refractivity contribution >= 4 is 52.0 Å². The number of carbonyl (C=O) groups excluding carboxylic acids is 3. The van der Waals surface area contributed by atoms with Crippen LogP contribution in [-0.4, -0.2) is 64.6 Å². The highest BCUT2D eigenvalue weighted by molar-refractivity contribution is 6.31. The Bertz CT molecular complexity index is 2230. The summed E-state index contributed by atoms with van der Waals surface area (Å²) in [5, 5.41) is 21.6. The number of primary amides is 1. The molecule has 0 fully saturated rings. The molecule has 3 aromatic carbocycles. The molecular weight excluding hydrogens is 639 g/mol. The van der Waals surface area contributed by atoms with Crippen molar-refractivity contribution < 1.29 is 18.8 Å². The van der Waals surface area contributed by atoms with Crippen molar-refractivity contribution in [1.82, 2.24) is 40.3 Å². The van der Waals surface area contributed by atoms with Crippen LogP contribution in [-0.2, 0) is 16.0 Å². The van der Waals surface area contributed by atoms with E-state index in [1.54, 1.807) is 54.9 Å². The molecule has 0 saturated heterocycles.